The highest BCUT2D eigenvalue weighted by molar-refractivity contribution is 7.98. The van der Waals surface area contributed by atoms with Gasteiger partial charge in [0.1, 0.15) is 11.6 Å². The maximum Gasteiger partial charge on any atom is 0.173 e. The van der Waals surface area contributed by atoms with E-state index in [-0.39, 0.29) is 5.82 Å². The molecular weight excluding hydrogens is 435 g/mol. The lowest BCUT2D eigenvalue weighted by Gasteiger charge is -2.20. The average Bonchev–Trinajstić information content (AvgIpc) is 3.42. The quantitative estimate of drug-likeness (QED) is 0.325. The number of imidazole rings is 2. The molecule has 33 heavy (non-hydrogen) atoms. The fourth-order valence-electron chi connectivity index (χ4n) is 3.69. The lowest BCUT2D eigenvalue weighted by atomic mass is 10.2. The molecule has 0 aliphatic rings. The second-order valence-corrected chi connectivity index (χ2v) is 8.79. The number of benzene rings is 2. The maximum atomic E-state index is 13.3. The Kier molecular flexibility index (Phi) is 5.83. The molecule has 5 rings (SSSR count). The number of aromatic amines is 1. The van der Waals surface area contributed by atoms with Crippen molar-refractivity contribution in [2.45, 2.75) is 24.4 Å². The van der Waals surface area contributed by atoms with E-state index in [1.165, 1.54) is 12.1 Å². The van der Waals surface area contributed by atoms with Gasteiger partial charge in [-0.1, -0.05) is 23.9 Å². The Morgan fingerprint density at radius 1 is 1.00 bits per heavy atom. The van der Waals surface area contributed by atoms with Crippen LogP contribution in [0.5, 0.6) is 0 Å². The number of pyridine rings is 1. The van der Waals surface area contributed by atoms with Crippen LogP contribution in [0.15, 0.2) is 78.2 Å². The Morgan fingerprint density at radius 2 is 1.82 bits per heavy atom. The van der Waals surface area contributed by atoms with E-state index in [1.54, 1.807) is 23.9 Å². The molecule has 0 unspecified atom stereocenters. The lowest BCUT2D eigenvalue weighted by Crippen LogP contribution is -2.18. The van der Waals surface area contributed by atoms with Crippen LogP contribution in [0, 0.1) is 12.7 Å². The van der Waals surface area contributed by atoms with Crippen LogP contribution in [-0.4, -0.2) is 31.6 Å². The molecule has 0 aliphatic carbocycles. The molecule has 3 heterocycles. The number of nitrogens with zero attached hydrogens (tertiary/aromatic N) is 5. The summed E-state index contributed by atoms with van der Waals surface area (Å²) in [6, 6.07) is 18.6. The number of anilines is 1. The number of para-hydroxylation sites is 2. The number of rotatable bonds is 7. The molecule has 6 nitrogen and oxygen atoms in total. The molecule has 1 N–H and O–H groups in total. The highest BCUT2D eigenvalue weighted by Gasteiger charge is 2.16. The fourth-order valence-corrected chi connectivity index (χ4v) is 4.57. The number of hydrogen-bond donors (Lipinski definition) is 1. The first-order valence-corrected chi connectivity index (χ1v) is 11.6. The van der Waals surface area contributed by atoms with Crippen LogP contribution >= 0.6 is 11.8 Å². The number of thioether (sulfide) groups is 1. The summed E-state index contributed by atoms with van der Waals surface area (Å²) in [4.78, 5) is 19.3. The Hall–Kier alpha value is -3.65. The summed E-state index contributed by atoms with van der Waals surface area (Å²) in [7, 11) is 1.99. The fraction of sp³-hybridized carbons (Fsp3) is 0.160. The number of H-pyrrole nitrogens is 1. The molecule has 0 bridgehead atoms. The van der Waals surface area contributed by atoms with Gasteiger partial charge in [-0.3, -0.25) is 9.55 Å². The minimum Gasteiger partial charge on any atom is -0.369 e. The molecule has 5 aromatic rings. The zero-order valence-electron chi connectivity index (χ0n) is 18.4. The summed E-state index contributed by atoms with van der Waals surface area (Å²) in [5.74, 6) is 1.33. The standard InChI is InChI=1S/C25H23FN6S/c1-17-7-10-20(13-27-17)32-21(15-31(2)19-11-8-18(26)9-12-19)14-28-25(32)33-16-24-29-22-5-3-4-6-23(22)30-24/h3-14H,15-16H2,1-2H3,(H,29,30). The molecule has 3 aromatic heterocycles. The minimum absolute atomic E-state index is 0.243. The van der Waals surface area contributed by atoms with Crippen LogP contribution in [0.2, 0.25) is 0 Å². The Balaban J connectivity index is 1.43. The predicted octanol–water partition coefficient (Wildman–Crippen LogP) is 5.52. The van der Waals surface area contributed by atoms with Crippen molar-refractivity contribution in [3.05, 3.63) is 96.1 Å². The first kappa shape index (κ1) is 21.2. The molecule has 2 aromatic carbocycles. The van der Waals surface area contributed by atoms with Crippen LogP contribution in [0.1, 0.15) is 17.2 Å². The number of hydrogen-bond acceptors (Lipinski definition) is 5. The van der Waals surface area contributed by atoms with E-state index in [9.17, 15) is 4.39 Å². The molecule has 0 aliphatic heterocycles. The van der Waals surface area contributed by atoms with Crippen molar-refractivity contribution in [3.63, 3.8) is 0 Å². The third kappa shape index (κ3) is 4.61. The molecule has 0 fully saturated rings. The summed E-state index contributed by atoms with van der Waals surface area (Å²) < 4.78 is 15.5. The second-order valence-electron chi connectivity index (χ2n) is 7.85. The number of halogens is 1. The van der Waals surface area contributed by atoms with Crippen molar-refractivity contribution < 1.29 is 4.39 Å². The SMILES string of the molecule is Cc1ccc(-n2c(CN(C)c3ccc(F)cc3)cnc2SCc2nc3ccccc3[nH]2)cn1. The minimum atomic E-state index is -0.243. The van der Waals surface area contributed by atoms with Crippen molar-refractivity contribution in [1.82, 2.24) is 24.5 Å². The van der Waals surface area contributed by atoms with Crippen molar-refractivity contribution in [1.29, 1.82) is 0 Å². The molecule has 0 saturated heterocycles. The first-order valence-electron chi connectivity index (χ1n) is 10.6. The molecule has 0 spiro atoms. The predicted molar refractivity (Wildman–Crippen MR) is 130 cm³/mol. The number of aromatic nitrogens is 5. The maximum absolute atomic E-state index is 13.3. The number of nitrogens with one attached hydrogen (secondary N) is 1. The highest BCUT2D eigenvalue weighted by atomic mass is 32.2. The summed E-state index contributed by atoms with van der Waals surface area (Å²) >= 11 is 1.62. The van der Waals surface area contributed by atoms with E-state index in [4.69, 9.17) is 4.98 Å². The van der Waals surface area contributed by atoms with Gasteiger partial charge < -0.3 is 9.88 Å². The van der Waals surface area contributed by atoms with Crippen LogP contribution in [-0.2, 0) is 12.3 Å². The second kappa shape index (κ2) is 9.07. The van der Waals surface area contributed by atoms with Gasteiger partial charge in [0.05, 0.1) is 47.1 Å². The van der Waals surface area contributed by atoms with Crippen LogP contribution in [0.3, 0.4) is 0 Å². The molecule has 0 atom stereocenters. The van der Waals surface area contributed by atoms with Gasteiger partial charge in [0.25, 0.3) is 0 Å². The molecule has 0 amide bonds. The Bertz CT molecular complexity index is 1340. The van der Waals surface area contributed by atoms with Crippen molar-refractivity contribution >= 4 is 28.5 Å². The third-order valence-electron chi connectivity index (χ3n) is 5.40. The van der Waals surface area contributed by atoms with Crippen molar-refractivity contribution in [2.75, 3.05) is 11.9 Å². The third-order valence-corrected chi connectivity index (χ3v) is 6.36. The normalized spacial score (nSPS) is 11.2. The summed E-state index contributed by atoms with van der Waals surface area (Å²) in [5.41, 5.74) is 5.84. The highest BCUT2D eigenvalue weighted by Crippen LogP contribution is 2.28. The van der Waals surface area contributed by atoms with E-state index >= 15 is 0 Å². The molecule has 0 radical (unpaired) electrons. The van der Waals surface area contributed by atoms with E-state index in [0.29, 0.717) is 12.3 Å². The van der Waals surface area contributed by atoms with Gasteiger partial charge in [0, 0.05) is 18.4 Å². The Labute approximate surface area is 195 Å². The monoisotopic (exact) mass is 458 g/mol. The Morgan fingerprint density at radius 3 is 2.58 bits per heavy atom. The van der Waals surface area contributed by atoms with Gasteiger partial charge in [0.2, 0.25) is 0 Å². The molecule has 0 saturated carbocycles. The van der Waals surface area contributed by atoms with Gasteiger partial charge in [0.15, 0.2) is 5.16 Å². The largest absolute Gasteiger partial charge is 0.369 e. The summed E-state index contributed by atoms with van der Waals surface area (Å²) in [5, 5.41) is 0.864. The smallest absolute Gasteiger partial charge is 0.173 e. The topological polar surface area (TPSA) is 62.6 Å². The molecule has 166 valence electrons. The molecular formula is C25H23FN6S. The molecule has 8 heteroatoms. The van der Waals surface area contributed by atoms with Crippen molar-refractivity contribution in [3.8, 4) is 5.69 Å². The number of aryl methyl sites for hydroxylation is 1. The van der Waals surface area contributed by atoms with Gasteiger partial charge in [-0.25, -0.2) is 14.4 Å². The van der Waals surface area contributed by atoms with E-state index in [1.807, 2.05) is 56.7 Å². The first-order chi connectivity index (χ1) is 16.1. The van der Waals surface area contributed by atoms with E-state index in [2.05, 4.69) is 30.5 Å². The van der Waals surface area contributed by atoms with Gasteiger partial charge >= 0.3 is 0 Å². The van der Waals surface area contributed by atoms with Gasteiger partial charge in [-0.2, -0.15) is 0 Å². The van der Waals surface area contributed by atoms with Gasteiger partial charge in [-0.05, 0) is 55.5 Å². The summed E-state index contributed by atoms with van der Waals surface area (Å²) in [6.07, 6.45) is 3.75. The number of fused-ring (bicyclic) bond motifs is 1. The van der Waals surface area contributed by atoms with E-state index in [0.717, 1.165) is 44.8 Å². The average molecular weight is 459 g/mol. The van der Waals surface area contributed by atoms with Crippen LogP contribution < -0.4 is 4.90 Å². The van der Waals surface area contributed by atoms with Crippen LogP contribution in [0.4, 0.5) is 10.1 Å². The lowest BCUT2D eigenvalue weighted by molar-refractivity contribution is 0.627. The van der Waals surface area contributed by atoms with E-state index < -0.39 is 0 Å². The van der Waals surface area contributed by atoms with Crippen LogP contribution in [0.25, 0.3) is 16.7 Å². The zero-order chi connectivity index (χ0) is 22.8. The zero-order valence-corrected chi connectivity index (χ0v) is 19.2. The summed E-state index contributed by atoms with van der Waals surface area (Å²) in [6.45, 7) is 2.58. The van der Waals surface area contributed by atoms with Gasteiger partial charge in [-0.15, -0.1) is 0 Å². The van der Waals surface area contributed by atoms with Crippen molar-refractivity contribution in [2.24, 2.45) is 0 Å².